The largest absolute Gasteiger partial charge is 0.478 e. The Labute approximate surface area is 123 Å². The lowest BCUT2D eigenvalue weighted by atomic mass is 9.99. The van der Waals surface area contributed by atoms with Crippen molar-refractivity contribution >= 4 is 29.2 Å². The maximum absolute atomic E-state index is 12.3. The van der Waals surface area contributed by atoms with Crippen LogP contribution in [-0.4, -0.2) is 17.0 Å². The predicted octanol–water partition coefficient (Wildman–Crippen LogP) is 3.95. The number of aromatic carboxylic acids is 1. The Balaban J connectivity index is 2.16. The summed E-state index contributed by atoms with van der Waals surface area (Å²) >= 11 is 6.01. The zero-order valence-corrected chi connectivity index (χ0v) is 11.9. The number of hydrogen-bond acceptors (Lipinski definition) is 2. The molecule has 0 spiro atoms. The first-order chi connectivity index (χ1) is 9.59. The number of benzene rings is 1. The Morgan fingerprint density at radius 2 is 1.80 bits per heavy atom. The van der Waals surface area contributed by atoms with Crippen molar-refractivity contribution in [2.45, 2.75) is 38.5 Å². The molecule has 108 valence electrons. The van der Waals surface area contributed by atoms with Gasteiger partial charge in [0.2, 0.25) is 5.91 Å². The van der Waals surface area contributed by atoms with Gasteiger partial charge in [-0.1, -0.05) is 43.4 Å². The molecule has 1 fully saturated rings. The second kappa shape index (κ2) is 6.75. The van der Waals surface area contributed by atoms with Crippen molar-refractivity contribution < 1.29 is 14.7 Å². The summed E-state index contributed by atoms with van der Waals surface area (Å²) in [6, 6.07) is 4.58. The maximum Gasteiger partial charge on any atom is 0.337 e. The number of carbonyl (C=O) groups excluding carboxylic acids is 1. The molecule has 0 saturated heterocycles. The van der Waals surface area contributed by atoms with Crippen LogP contribution in [0.3, 0.4) is 0 Å². The number of para-hydroxylation sites is 1. The van der Waals surface area contributed by atoms with Crippen LogP contribution >= 0.6 is 11.6 Å². The molecule has 0 radical (unpaired) electrons. The summed E-state index contributed by atoms with van der Waals surface area (Å²) < 4.78 is 0. The Hall–Kier alpha value is -1.55. The lowest BCUT2D eigenvalue weighted by Gasteiger charge is -2.16. The van der Waals surface area contributed by atoms with Gasteiger partial charge >= 0.3 is 5.97 Å². The van der Waals surface area contributed by atoms with E-state index in [0.717, 1.165) is 38.5 Å². The van der Waals surface area contributed by atoms with Crippen molar-refractivity contribution in [3.05, 3.63) is 28.8 Å². The van der Waals surface area contributed by atoms with Crippen molar-refractivity contribution in [3.63, 3.8) is 0 Å². The Morgan fingerprint density at radius 3 is 2.40 bits per heavy atom. The van der Waals surface area contributed by atoms with Gasteiger partial charge in [0.15, 0.2) is 0 Å². The van der Waals surface area contributed by atoms with Crippen molar-refractivity contribution in [3.8, 4) is 0 Å². The number of carboxylic acid groups (broad SMARTS) is 1. The molecule has 2 N–H and O–H groups in total. The molecule has 0 heterocycles. The summed E-state index contributed by atoms with van der Waals surface area (Å²) in [7, 11) is 0. The van der Waals surface area contributed by atoms with Crippen LogP contribution in [0.5, 0.6) is 0 Å². The average Bonchev–Trinajstić information content (AvgIpc) is 2.69. The molecular formula is C15H18ClNO3. The lowest BCUT2D eigenvalue weighted by Crippen LogP contribution is -2.23. The summed E-state index contributed by atoms with van der Waals surface area (Å²) in [5.74, 6) is -1.26. The zero-order valence-electron chi connectivity index (χ0n) is 11.2. The highest BCUT2D eigenvalue weighted by atomic mass is 35.5. The highest BCUT2D eigenvalue weighted by molar-refractivity contribution is 6.34. The number of halogens is 1. The normalized spacial score (nSPS) is 16.4. The molecule has 0 unspecified atom stereocenters. The molecule has 20 heavy (non-hydrogen) atoms. The lowest BCUT2D eigenvalue weighted by molar-refractivity contribution is -0.120. The van der Waals surface area contributed by atoms with E-state index in [2.05, 4.69) is 5.32 Å². The van der Waals surface area contributed by atoms with E-state index in [-0.39, 0.29) is 28.1 Å². The summed E-state index contributed by atoms with van der Waals surface area (Å²) in [4.78, 5) is 23.5. The number of carboxylic acids is 1. The molecule has 1 amide bonds. The topological polar surface area (TPSA) is 66.4 Å². The number of anilines is 1. The highest BCUT2D eigenvalue weighted by Crippen LogP contribution is 2.29. The van der Waals surface area contributed by atoms with Crippen LogP contribution in [0, 0.1) is 5.92 Å². The molecule has 1 aliphatic carbocycles. The molecule has 1 aliphatic rings. The van der Waals surface area contributed by atoms with Crippen LogP contribution in [0.15, 0.2) is 18.2 Å². The minimum atomic E-state index is -1.09. The van der Waals surface area contributed by atoms with Crippen molar-refractivity contribution in [2.75, 3.05) is 5.32 Å². The molecular weight excluding hydrogens is 278 g/mol. The highest BCUT2D eigenvalue weighted by Gasteiger charge is 2.22. The van der Waals surface area contributed by atoms with Crippen LogP contribution in [0.2, 0.25) is 5.02 Å². The fourth-order valence-electron chi connectivity index (χ4n) is 2.60. The van der Waals surface area contributed by atoms with Gasteiger partial charge in [0.25, 0.3) is 0 Å². The van der Waals surface area contributed by atoms with Gasteiger partial charge in [-0.05, 0) is 25.0 Å². The van der Waals surface area contributed by atoms with Gasteiger partial charge in [-0.25, -0.2) is 4.79 Å². The van der Waals surface area contributed by atoms with Gasteiger partial charge in [0.1, 0.15) is 0 Å². The van der Waals surface area contributed by atoms with E-state index in [1.54, 1.807) is 12.1 Å². The van der Waals surface area contributed by atoms with Crippen molar-refractivity contribution in [1.82, 2.24) is 0 Å². The fourth-order valence-corrected chi connectivity index (χ4v) is 2.82. The summed E-state index contributed by atoms with van der Waals surface area (Å²) in [5, 5.41) is 12.1. The average molecular weight is 296 g/mol. The number of hydrogen-bond donors (Lipinski definition) is 2. The van der Waals surface area contributed by atoms with Gasteiger partial charge in [0.05, 0.1) is 16.3 Å². The third-order valence-corrected chi connectivity index (χ3v) is 4.03. The molecule has 0 aliphatic heterocycles. The van der Waals surface area contributed by atoms with Crippen molar-refractivity contribution in [2.24, 2.45) is 5.92 Å². The van der Waals surface area contributed by atoms with E-state index < -0.39 is 5.97 Å². The van der Waals surface area contributed by atoms with Crippen LogP contribution in [0.1, 0.15) is 48.9 Å². The maximum atomic E-state index is 12.3. The van der Waals surface area contributed by atoms with Crippen molar-refractivity contribution in [1.29, 1.82) is 0 Å². The third-order valence-electron chi connectivity index (χ3n) is 3.72. The monoisotopic (exact) mass is 295 g/mol. The quantitative estimate of drug-likeness (QED) is 0.830. The first kappa shape index (κ1) is 14.9. The van der Waals surface area contributed by atoms with E-state index in [9.17, 15) is 9.59 Å². The number of amides is 1. The summed E-state index contributed by atoms with van der Waals surface area (Å²) in [5.41, 5.74) is 0.232. The van der Waals surface area contributed by atoms with E-state index >= 15 is 0 Å². The summed E-state index contributed by atoms with van der Waals surface area (Å²) in [6.45, 7) is 0. The molecule has 4 nitrogen and oxygen atoms in total. The Bertz CT molecular complexity index is 508. The minimum Gasteiger partial charge on any atom is -0.478 e. The molecule has 0 aromatic heterocycles. The summed E-state index contributed by atoms with van der Waals surface area (Å²) in [6.07, 6.45) is 6.14. The second-order valence-corrected chi connectivity index (χ2v) is 5.55. The number of carbonyl (C=O) groups is 2. The van der Waals surface area contributed by atoms with Gasteiger partial charge in [0, 0.05) is 5.92 Å². The standard InChI is InChI=1S/C15H18ClNO3/c16-12-9-5-8-11(15(19)20)13(12)17-14(18)10-6-3-1-2-4-7-10/h5,8-10H,1-4,6-7H2,(H,17,18)(H,19,20). The number of rotatable bonds is 3. The number of nitrogens with one attached hydrogen (secondary N) is 1. The first-order valence-electron chi connectivity index (χ1n) is 6.92. The SMILES string of the molecule is O=C(O)c1cccc(Cl)c1NC(=O)C1CCCCCC1. The van der Waals surface area contributed by atoms with E-state index in [1.807, 2.05) is 0 Å². The van der Waals surface area contributed by atoms with E-state index in [4.69, 9.17) is 16.7 Å². The predicted molar refractivity (Wildman–Crippen MR) is 78.2 cm³/mol. The van der Waals surface area contributed by atoms with E-state index in [1.165, 1.54) is 6.07 Å². The Kier molecular flexibility index (Phi) is 5.01. The van der Waals surface area contributed by atoms with Crippen LogP contribution < -0.4 is 5.32 Å². The smallest absolute Gasteiger partial charge is 0.337 e. The van der Waals surface area contributed by atoms with Crippen LogP contribution in [0.25, 0.3) is 0 Å². The molecule has 5 heteroatoms. The molecule has 0 bridgehead atoms. The van der Waals surface area contributed by atoms with Gasteiger partial charge in [-0.3, -0.25) is 4.79 Å². The fraction of sp³-hybridized carbons (Fsp3) is 0.467. The molecule has 1 saturated carbocycles. The van der Waals surface area contributed by atoms with Gasteiger partial charge < -0.3 is 10.4 Å². The molecule has 0 atom stereocenters. The first-order valence-corrected chi connectivity index (χ1v) is 7.30. The minimum absolute atomic E-state index is 0.0273. The zero-order chi connectivity index (χ0) is 14.5. The van der Waals surface area contributed by atoms with Gasteiger partial charge in [-0.2, -0.15) is 0 Å². The van der Waals surface area contributed by atoms with E-state index in [0.29, 0.717) is 0 Å². The van der Waals surface area contributed by atoms with Crippen LogP contribution in [-0.2, 0) is 4.79 Å². The third kappa shape index (κ3) is 3.51. The molecule has 1 aromatic carbocycles. The van der Waals surface area contributed by atoms with Gasteiger partial charge in [-0.15, -0.1) is 0 Å². The second-order valence-electron chi connectivity index (χ2n) is 5.15. The molecule has 2 rings (SSSR count). The van der Waals surface area contributed by atoms with Crippen LogP contribution in [0.4, 0.5) is 5.69 Å². The molecule has 1 aromatic rings. The Morgan fingerprint density at radius 1 is 1.15 bits per heavy atom.